The molecule has 0 saturated heterocycles. The van der Waals surface area contributed by atoms with Crippen LogP contribution in [0.5, 0.6) is 0 Å². The highest BCUT2D eigenvalue weighted by molar-refractivity contribution is 5.89. The van der Waals surface area contributed by atoms with Gasteiger partial charge in [-0.3, -0.25) is 9.59 Å². The average Bonchev–Trinajstić information content (AvgIpc) is 3.35. The van der Waals surface area contributed by atoms with Crippen molar-refractivity contribution in [2.45, 2.75) is 25.3 Å². The Labute approximate surface area is 199 Å². The number of nitrogens with zero attached hydrogens (tertiary/aromatic N) is 4. The van der Waals surface area contributed by atoms with E-state index in [2.05, 4.69) is 40.5 Å². The minimum absolute atomic E-state index is 0.0184. The molecule has 1 aromatic heterocycles. The Kier molecular flexibility index (Phi) is 7.01. The first kappa shape index (κ1) is 23.2. The fourth-order valence-electron chi connectivity index (χ4n) is 3.88. The molecular weight excluding hydrogens is 428 g/mol. The van der Waals surface area contributed by atoms with Gasteiger partial charge in [0.15, 0.2) is 0 Å². The van der Waals surface area contributed by atoms with E-state index in [0.29, 0.717) is 19.3 Å². The van der Waals surface area contributed by atoms with Crippen LogP contribution in [0.3, 0.4) is 0 Å². The number of rotatable bonds is 8. The van der Waals surface area contributed by atoms with Gasteiger partial charge in [-0.25, -0.2) is 0 Å². The monoisotopic (exact) mass is 456 g/mol. The highest BCUT2D eigenvalue weighted by Crippen LogP contribution is 2.25. The number of benzene rings is 3. The van der Waals surface area contributed by atoms with Gasteiger partial charge >= 0.3 is 0 Å². The fourth-order valence-corrected chi connectivity index (χ4v) is 3.88. The van der Waals surface area contributed by atoms with Crippen molar-refractivity contribution in [3.63, 3.8) is 0 Å². The molecule has 0 bridgehead atoms. The summed E-state index contributed by atoms with van der Waals surface area (Å²) in [5.41, 5.74) is 2.14. The Morgan fingerprint density at radius 1 is 0.882 bits per heavy atom. The van der Waals surface area contributed by atoms with Gasteiger partial charge < -0.3 is 14.3 Å². The van der Waals surface area contributed by atoms with Crippen LogP contribution in [-0.4, -0.2) is 52.9 Å². The van der Waals surface area contributed by atoms with Crippen LogP contribution in [0.2, 0.25) is 0 Å². The molecule has 7 heteroatoms. The molecule has 34 heavy (non-hydrogen) atoms. The lowest BCUT2D eigenvalue weighted by Crippen LogP contribution is -2.33. The molecule has 1 unspecified atom stereocenters. The van der Waals surface area contributed by atoms with Gasteiger partial charge in [-0.15, -0.1) is 0 Å². The average molecular weight is 457 g/mol. The zero-order chi connectivity index (χ0) is 24.1. The molecule has 0 N–H and O–H groups in total. The molecule has 174 valence electrons. The summed E-state index contributed by atoms with van der Waals surface area (Å²) in [5, 5.41) is 6.19. The van der Waals surface area contributed by atoms with Crippen molar-refractivity contribution in [2.75, 3.05) is 21.1 Å². The normalized spacial score (nSPS) is 11.9. The molecule has 7 nitrogen and oxygen atoms in total. The minimum Gasteiger partial charge on any atom is -0.342 e. The number of carbonyl (C=O) groups is 2. The SMILES string of the molecule is CN(C)C(=O)c1noc(C(Cc2ccccc2)N(C)C(=O)CCc2ccc3ccccc3c2)n1. The standard InChI is InChI=1S/C27H28N4O3/c1-30(2)27(33)25-28-26(34-29-25)23(18-19-9-5-4-6-10-19)31(3)24(32)16-14-20-13-15-21-11-7-8-12-22(21)17-20/h4-13,15,17,23H,14,16,18H2,1-3H3. The van der Waals surface area contributed by atoms with Crippen LogP contribution >= 0.6 is 0 Å². The summed E-state index contributed by atoms with van der Waals surface area (Å²) < 4.78 is 5.45. The lowest BCUT2D eigenvalue weighted by Gasteiger charge is -2.25. The zero-order valence-electron chi connectivity index (χ0n) is 19.6. The van der Waals surface area contributed by atoms with Gasteiger partial charge in [0, 0.05) is 34.0 Å². The molecule has 0 saturated carbocycles. The predicted molar refractivity (Wildman–Crippen MR) is 130 cm³/mol. The van der Waals surface area contributed by atoms with Crippen LogP contribution in [0.1, 0.15) is 40.1 Å². The largest absolute Gasteiger partial charge is 0.342 e. The maximum atomic E-state index is 13.2. The molecule has 2 amide bonds. The summed E-state index contributed by atoms with van der Waals surface area (Å²) in [4.78, 5) is 32.8. The van der Waals surface area contributed by atoms with E-state index in [0.717, 1.165) is 16.5 Å². The third-order valence-electron chi connectivity index (χ3n) is 5.90. The van der Waals surface area contributed by atoms with Gasteiger partial charge in [-0.05, 0) is 28.3 Å². The second-order valence-corrected chi connectivity index (χ2v) is 8.55. The predicted octanol–water partition coefficient (Wildman–Crippen LogP) is 4.30. The number of fused-ring (bicyclic) bond motifs is 1. The Bertz CT molecular complexity index is 1280. The van der Waals surface area contributed by atoms with E-state index in [9.17, 15) is 9.59 Å². The summed E-state index contributed by atoms with van der Waals surface area (Å²) in [6, 6.07) is 23.8. The van der Waals surface area contributed by atoms with Crippen molar-refractivity contribution in [3.8, 4) is 0 Å². The van der Waals surface area contributed by atoms with Crippen LogP contribution in [-0.2, 0) is 17.6 Å². The van der Waals surface area contributed by atoms with E-state index in [-0.39, 0.29) is 23.5 Å². The van der Waals surface area contributed by atoms with Crippen LogP contribution < -0.4 is 0 Å². The van der Waals surface area contributed by atoms with E-state index in [1.807, 2.05) is 42.5 Å². The maximum absolute atomic E-state index is 13.2. The molecule has 4 aromatic rings. The van der Waals surface area contributed by atoms with Crippen LogP contribution in [0.25, 0.3) is 10.8 Å². The maximum Gasteiger partial charge on any atom is 0.294 e. The number of likely N-dealkylation sites (N-methyl/N-ethyl adjacent to an activating group) is 1. The van der Waals surface area contributed by atoms with Crippen LogP contribution in [0.15, 0.2) is 77.3 Å². The summed E-state index contributed by atoms with van der Waals surface area (Å²) >= 11 is 0. The summed E-state index contributed by atoms with van der Waals surface area (Å²) in [5.74, 6) is -0.155. The minimum atomic E-state index is -0.484. The molecule has 0 aliphatic carbocycles. The van der Waals surface area contributed by atoms with Gasteiger partial charge in [-0.2, -0.15) is 4.98 Å². The fraction of sp³-hybridized carbons (Fsp3) is 0.259. The first-order valence-electron chi connectivity index (χ1n) is 11.2. The van der Waals surface area contributed by atoms with Gasteiger partial charge in [0.25, 0.3) is 11.7 Å². The van der Waals surface area contributed by atoms with Crippen molar-refractivity contribution in [2.24, 2.45) is 0 Å². The van der Waals surface area contributed by atoms with Crippen molar-refractivity contribution < 1.29 is 14.1 Å². The topological polar surface area (TPSA) is 79.5 Å². The van der Waals surface area contributed by atoms with E-state index in [1.165, 1.54) is 10.3 Å². The lowest BCUT2D eigenvalue weighted by molar-refractivity contribution is -0.132. The first-order chi connectivity index (χ1) is 16.4. The summed E-state index contributed by atoms with van der Waals surface area (Å²) in [6.45, 7) is 0. The van der Waals surface area contributed by atoms with Crippen molar-refractivity contribution in [1.82, 2.24) is 19.9 Å². The number of aryl methyl sites for hydroxylation is 1. The first-order valence-corrected chi connectivity index (χ1v) is 11.2. The summed E-state index contributed by atoms with van der Waals surface area (Å²) in [6.07, 6.45) is 1.47. The molecule has 1 atom stereocenters. The van der Waals surface area contributed by atoms with E-state index >= 15 is 0 Å². The zero-order valence-corrected chi connectivity index (χ0v) is 19.6. The number of aromatic nitrogens is 2. The second-order valence-electron chi connectivity index (χ2n) is 8.55. The number of carbonyl (C=O) groups excluding carboxylic acids is 2. The highest BCUT2D eigenvalue weighted by atomic mass is 16.5. The molecule has 0 radical (unpaired) electrons. The van der Waals surface area contributed by atoms with Crippen LogP contribution in [0.4, 0.5) is 0 Å². The van der Waals surface area contributed by atoms with Crippen molar-refractivity contribution >= 4 is 22.6 Å². The molecule has 1 heterocycles. The Balaban J connectivity index is 1.52. The Morgan fingerprint density at radius 2 is 1.59 bits per heavy atom. The molecular formula is C27H28N4O3. The van der Waals surface area contributed by atoms with Gasteiger partial charge in [0.1, 0.15) is 6.04 Å². The molecule has 0 fully saturated rings. The van der Waals surface area contributed by atoms with Gasteiger partial charge in [0.05, 0.1) is 0 Å². The lowest BCUT2D eigenvalue weighted by atomic mass is 10.0. The van der Waals surface area contributed by atoms with Gasteiger partial charge in [0.2, 0.25) is 11.8 Å². The third-order valence-corrected chi connectivity index (χ3v) is 5.90. The van der Waals surface area contributed by atoms with Crippen molar-refractivity contribution in [1.29, 1.82) is 0 Å². The number of hydrogen-bond acceptors (Lipinski definition) is 5. The number of amides is 2. The van der Waals surface area contributed by atoms with Crippen LogP contribution in [0, 0.1) is 0 Å². The smallest absolute Gasteiger partial charge is 0.294 e. The molecule has 3 aromatic carbocycles. The molecule has 0 aliphatic heterocycles. The van der Waals surface area contributed by atoms with Crippen molar-refractivity contribution in [3.05, 3.63) is 95.6 Å². The van der Waals surface area contributed by atoms with Gasteiger partial charge in [-0.1, -0.05) is 78.0 Å². The highest BCUT2D eigenvalue weighted by Gasteiger charge is 2.29. The third kappa shape index (κ3) is 5.31. The quantitative estimate of drug-likeness (QED) is 0.395. The van der Waals surface area contributed by atoms with E-state index in [1.54, 1.807) is 26.0 Å². The summed E-state index contributed by atoms with van der Waals surface area (Å²) in [7, 11) is 5.00. The Morgan fingerprint density at radius 3 is 2.32 bits per heavy atom. The molecule has 0 aliphatic rings. The molecule has 4 rings (SSSR count). The molecule has 0 spiro atoms. The van der Waals surface area contributed by atoms with E-state index < -0.39 is 6.04 Å². The van der Waals surface area contributed by atoms with E-state index in [4.69, 9.17) is 4.52 Å². The second kappa shape index (κ2) is 10.3. The number of hydrogen-bond donors (Lipinski definition) is 0. The Hall–Kier alpha value is -4.00.